The molecule has 1 aliphatic heterocycles. The smallest absolute Gasteiger partial charge is 0.255 e. The van der Waals surface area contributed by atoms with Crippen LogP contribution in [0.25, 0.3) is 0 Å². The Bertz CT molecular complexity index is 934. The topological polar surface area (TPSA) is 73.3 Å². The Labute approximate surface area is 154 Å². The molecule has 0 spiro atoms. The van der Waals surface area contributed by atoms with Crippen molar-refractivity contribution in [2.45, 2.75) is 10.8 Å². The van der Waals surface area contributed by atoms with Crippen LogP contribution in [0.15, 0.2) is 66.1 Å². The van der Waals surface area contributed by atoms with Gasteiger partial charge in [0.15, 0.2) is 11.5 Å². The summed E-state index contributed by atoms with van der Waals surface area (Å²) in [6.45, 7) is 0.207. The molecule has 0 aliphatic carbocycles. The maximum absolute atomic E-state index is 12.5. The fourth-order valence-corrected chi connectivity index (χ4v) is 3.26. The molecule has 1 aliphatic rings. The Hall–Kier alpha value is -3.06. The minimum absolute atomic E-state index is 0.171. The van der Waals surface area contributed by atoms with Crippen molar-refractivity contribution in [3.05, 3.63) is 72.2 Å². The molecule has 0 saturated heterocycles. The van der Waals surface area contributed by atoms with E-state index in [1.807, 2.05) is 18.2 Å². The summed E-state index contributed by atoms with van der Waals surface area (Å²) in [4.78, 5) is 20.8. The van der Waals surface area contributed by atoms with Gasteiger partial charge in [-0.3, -0.25) is 9.78 Å². The zero-order valence-electron chi connectivity index (χ0n) is 13.7. The van der Waals surface area contributed by atoms with Crippen LogP contribution in [0.3, 0.4) is 0 Å². The SMILES string of the molecule is O=C(Nc1ccc2c(c1)OCO2)c1cccc(CSc2cnccn2)c1. The summed E-state index contributed by atoms with van der Waals surface area (Å²) in [5, 5.41) is 3.74. The van der Waals surface area contributed by atoms with Crippen molar-refractivity contribution in [3.63, 3.8) is 0 Å². The monoisotopic (exact) mass is 365 g/mol. The first-order valence-corrected chi connectivity index (χ1v) is 8.95. The molecule has 26 heavy (non-hydrogen) atoms. The fraction of sp³-hybridized carbons (Fsp3) is 0.105. The van der Waals surface area contributed by atoms with Crippen LogP contribution in [0.2, 0.25) is 0 Å². The van der Waals surface area contributed by atoms with E-state index in [-0.39, 0.29) is 12.7 Å². The van der Waals surface area contributed by atoms with Crippen LogP contribution < -0.4 is 14.8 Å². The molecule has 2 heterocycles. The number of carbonyl (C=O) groups is 1. The lowest BCUT2D eigenvalue weighted by molar-refractivity contribution is 0.102. The van der Waals surface area contributed by atoms with Gasteiger partial charge < -0.3 is 14.8 Å². The number of nitrogens with one attached hydrogen (secondary N) is 1. The average molecular weight is 365 g/mol. The van der Waals surface area contributed by atoms with E-state index in [2.05, 4.69) is 15.3 Å². The highest BCUT2D eigenvalue weighted by molar-refractivity contribution is 7.98. The van der Waals surface area contributed by atoms with Crippen molar-refractivity contribution >= 4 is 23.4 Å². The average Bonchev–Trinajstić information content (AvgIpc) is 3.15. The van der Waals surface area contributed by atoms with Gasteiger partial charge in [-0.15, -0.1) is 11.8 Å². The lowest BCUT2D eigenvalue weighted by atomic mass is 10.1. The Morgan fingerprint density at radius 3 is 2.92 bits per heavy atom. The van der Waals surface area contributed by atoms with Crippen LogP contribution in [-0.4, -0.2) is 22.7 Å². The highest BCUT2D eigenvalue weighted by atomic mass is 32.2. The summed E-state index contributed by atoms with van der Waals surface area (Å²) >= 11 is 1.58. The van der Waals surface area contributed by atoms with E-state index >= 15 is 0 Å². The predicted molar refractivity (Wildman–Crippen MR) is 98.6 cm³/mol. The Kier molecular flexibility index (Phi) is 4.70. The molecule has 0 atom stereocenters. The number of anilines is 1. The van der Waals surface area contributed by atoms with Crippen molar-refractivity contribution in [1.82, 2.24) is 9.97 Å². The van der Waals surface area contributed by atoms with Gasteiger partial charge in [0.2, 0.25) is 6.79 Å². The zero-order chi connectivity index (χ0) is 17.8. The van der Waals surface area contributed by atoms with E-state index < -0.39 is 0 Å². The summed E-state index contributed by atoms with van der Waals surface area (Å²) < 4.78 is 10.6. The van der Waals surface area contributed by atoms with Crippen molar-refractivity contribution in [2.24, 2.45) is 0 Å². The molecular weight excluding hydrogens is 350 g/mol. The maximum Gasteiger partial charge on any atom is 0.255 e. The molecule has 4 rings (SSSR count). The summed E-state index contributed by atoms with van der Waals surface area (Å²) in [5.41, 5.74) is 2.30. The van der Waals surface area contributed by atoms with E-state index in [0.29, 0.717) is 28.5 Å². The number of amides is 1. The number of benzene rings is 2. The fourth-order valence-electron chi connectivity index (χ4n) is 2.50. The standard InChI is InChI=1S/C19H15N3O3S/c23-19(22-15-4-5-16-17(9-15)25-12-24-16)14-3-1-2-13(8-14)11-26-18-10-20-6-7-21-18/h1-10H,11-12H2,(H,22,23). The van der Waals surface area contributed by atoms with Gasteiger partial charge in [-0.05, 0) is 29.8 Å². The molecule has 0 radical (unpaired) electrons. The summed E-state index contributed by atoms with van der Waals surface area (Å²) in [7, 11) is 0. The first-order chi connectivity index (χ1) is 12.8. The molecule has 130 valence electrons. The molecule has 1 amide bonds. The van der Waals surface area contributed by atoms with Crippen LogP contribution in [0.4, 0.5) is 5.69 Å². The third-order valence-corrected chi connectivity index (χ3v) is 4.73. The van der Waals surface area contributed by atoms with Gasteiger partial charge in [-0.1, -0.05) is 12.1 Å². The first kappa shape index (κ1) is 16.4. The number of hydrogen-bond acceptors (Lipinski definition) is 6. The molecule has 1 N–H and O–H groups in total. The minimum Gasteiger partial charge on any atom is -0.454 e. The van der Waals surface area contributed by atoms with E-state index in [1.54, 1.807) is 54.6 Å². The number of carbonyl (C=O) groups excluding carboxylic acids is 1. The van der Waals surface area contributed by atoms with Gasteiger partial charge in [0, 0.05) is 35.5 Å². The second-order valence-electron chi connectivity index (χ2n) is 5.55. The second kappa shape index (κ2) is 7.45. The van der Waals surface area contributed by atoms with Crippen LogP contribution in [0, 0.1) is 0 Å². The van der Waals surface area contributed by atoms with Gasteiger partial charge in [-0.25, -0.2) is 4.98 Å². The summed E-state index contributed by atoms with van der Waals surface area (Å²) in [5.74, 6) is 1.86. The molecule has 6 nitrogen and oxygen atoms in total. The molecule has 2 aromatic carbocycles. The lowest BCUT2D eigenvalue weighted by Crippen LogP contribution is -2.12. The van der Waals surface area contributed by atoms with Crippen LogP contribution in [-0.2, 0) is 5.75 Å². The Balaban J connectivity index is 1.43. The van der Waals surface area contributed by atoms with Gasteiger partial charge in [-0.2, -0.15) is 0 Å². The van der Waals surface area contributed by atoms with E-state index in [9.17, 15) is 4.79 Å². The first-order valence-electron chi connectivity index (χ1n) is 7.97. The summed E-state index contributed by atoms with van der Waals surface area (Å²) in [6.07, 6.45) is 5.03. The quantitative estimate of drug-likeness (QED) is 0.694. The van der Waals surface area contributed by atoms with E-state index in [4.69, 9.17) is 9.47 Å². The number of nitrogens with zero attached hydrogens (tertiary/aromatic N) is 2. The largest absolute Gasteiger partial charge is 0.454 e. The molecule has 1 aromatic heterocycles. The van der Waals surface area contributed by atoms with Crippen LogP contribution in [0.1, 0.15) is 15.9 Å². The molecule has 3 aromatic rings. The molecule has 7 heteroatoms. The van der Waals surface area contributed by atoms with Gasteiger partial charge in [0.05, 0.1) is 6.20 Å². The van der Waals surface area contributed by atoms with Crippen molar-refractivity contribution in [2.75, 3.05) is 12.1 Å². The third-order valence-electron chi connectivity index (χ3n) is 3.75. The number of ether oxygens (including phenoxy) is 2. The summed E-state index contributed by atoms with van der Waals surface area (Å²) in [6, 6.07) is 12.9. The van der Waals surface area contributed by atoms with Crippen molar-refractivity contribution in [1.29, 1.82) is 0 Å². The molecule has 0 fully saturated rings. The van der Waals surface area contributed by atoms with Crippen molar-refractivity contribution < 1.29 is 14.3 Å². The Morgan fingerprint density at radius 2 is 2.04 bits per heavy atom. The highest BCUT2D eigenvalue weighted by Gasteiger charge is 2.14. The maximum atomic E-state index is 12.5. The number of hydrogen-bond donors (Lipinski definition) is 1. The highest BCUT2D eigenvalue weighted by Crippen LogP contribution is 2.34. The third kappa shape index (κ3) is 3.78. The second-order valence-corrected chi connectivity index (χ2v) is 6.55. The zero-order valence-corrected chi connectivity index (χ0v) is 14.5. The van der Waals surface area contributed by atoms with Crippen LogP contribution >= 0.6 is 11.8 Å². The Morgan fingerprint density at radius 1 is 1.12 bits per heavy atom. The molecule has 0 bridgehead atoms. The van der Waals surface area contributed by atoms with Gasteiger partial charge >= 0.3 is 0 Å². The number of rotatable bonds is 5. The van der Waals surface area contributed by atoms with Gasteiger partial charge in [0.25, 0.3) is 5.91 Å². The molecular formula is C19H15N3O3S. The van der Waals surface area contributed by atoms with E-state index in [0.717, 1.165) is 10.6 Å². The molecule has 0 unspecified atom stereocenters. The van der Waals surface area contributed by atoms with E-state index in [1.165, 1.54) is 0 Å². The number of fused-ring (bicyclic) bond motifs is 1. The normalized spacial score (nSPS) is 12.0. The van der Waals surface area contributed by atoms with Crippen LogP contribution in [0.5, 0.6) is 11.5 Å². The van der Waals surface area contributed by atoms with Gasteiger partial charge in [0.1, 0.15) is 5.03 Å². The molecule has 0 saturated carbocycles. The minimum atomic E-state index is -0.171. The lowest BCUT2D eigenvalue weighted by Gasteiger charge is -2.08. The number of thioether (sulfide) groups is 1. The van der Waals surface area contributed by atoms with Crippen molar-refractivity contribution in [3.8, 4) is 11.5 Å². The predicted octanol–water partition coefficient (Wildman–Crippen LogP) is 3.75. The number of aromatic nitrogens is 2.